The number of carboxylic acids is 1. The Hall–Kier alpha value is -1.44. The maximum absolute atomic E-state index is 12.6. The molecule has 1 fully saturated rings. The van der Waals surface area contributed by atoms with Crippen LogP contribution in [0.5, 0.6) is 0 Å². The third-order valence-electron chi connectivity index (χ3n) is 3.64. The minimum atomic E-state index is -3.70. The highest BCUT2D eigenvalue weighted by Crippen LogP contribution is 2.27. The molecule has 20 heavy (non-hydrogen) atoms. The molecule has 0 aromatic heterocycles. The van der Waals surface area contributed by atoms with E-state index in [1.165, 1.54) is 0 Å². The van der Waals surface area contributed by atoms with Crippen LogP contribution in [0.3, 0.4) is 0 Å². The van der Waals surface area contributed by atoms with E-state index in [2.05, 4.69) is 0 Å². The van der Waals surface area contributed by atoms with Crippen molar-refractivity contribution in [3.05, 3.63) is 29.3 Å². The Kier molecular flexibility index (Phi) is 3.62. The quantitative estimate of drug-likeness (QED) is 0.845. The third-order valence-corrected chi connectivity index (χ3v) is 5.65. The minimum Gasteiger partial charge on any atom is -0.480 e. The smallest absolute Gasteiger partial charge is 0.325 e. The molecular weight excluding hydrogens is 280 g/mol. The van der Waals surface area contributed by atoms with Gasteiger partial charge in [-0.3, -0.25) is 4.79 Å². The highest BCUT2D eigenvalue weighted by molar-refractivity contribution is 7.89. The van der Waals surface area contributed by atoms with Crippen molar-refractivity contribution in [2.24, 2.45) is 5.73 Å². The van der Waals surface area contributed by atoms with Gasteiger partial charge in [-0.1, -0.05) is 17.7 Å². The highest BCUT2D eigenvalue weighted by Gasteiger charge is 2.45. The van der Waals surface area contributed by atoms with E-state index >= 15 is 0 Å². The van der Waals surface area contributed by atoms with E-state index < -0.39 is 21.5 Å². The minimum absolute atomic E-state index is 0.118. The zero-order valence-corrected chi connectivity index (χ0v) is 12.3. The molecule has 1 aromatic rings. The van der Waals surface area contributed by atoms with Crippen molar-refractivity contribution in [1.29, 1.82) is 0 Å². The van der Waals surface area contributed by atoms with Gasteiger partial charge in [0.05, 0.1) is 4.90 Å². The molecule has 6 nitrogen and oxygen atoms in total. The molecule has 1 aromatic carbocycles. The van der Waals surface area contributed by atoms with E-state index in [1.807, 2.05) is 6.92 Å². The van der Waals surface area contributed by atoms with Gasteiger partial charge in [0.25, 0.3) is 0 Å². The van der Waals surface area contributed by atoms with Crippen LogP contribution < -0.4 is 5.73 Å². The second-order valence-corrected chi connectivity index (χ2v) is 7.23. The van der Waals surface area contributed by atoms with Gasteiger partial charge in [-0.2, -0.15) is 4.31 Å². The molecule has 1 unspecified atom stereocenters. The van der Waals surface area contributed by atoms with Crippen LogP contribution in [0.15, 0.2) is 23.1 Å². The third kappa shape index (κ3) is 2.44. The van der Waals surface area contributed by atoms with E-state index in [-0.39, 0.29) is 24.4 Å². The predicted molar refractivity (Wildman–Crippen MR) is 73.8 cm³/mol. The fourth-order valence-corrected chi connectivity index (χ4v) is 4.12. The molecule has 110 valence electrons. The number of rotatable bonds is 3. The van der Waals surface area contributed by atoms with Crippen molar-refractivity contribution in [2.75, 3.05) is 13.1 Å². The molecule has 0 saturated carbocycles. The number of carbonyl (C=O) groups is 1. The van der Waals surface area contributed by atoms with Gasteiger partial charge in [0.2, 0.25) is 10.0 Å². The fraction of sp³-hybridized carbons (Fsp3) is 0.462. The van der Waals surface area contributed by atoms with Crippen LogP contribution in [0.2, 0.25) is 0 Å². The number of aliphatic carboxylic acids is 1. The van der Waals surface area contributed by atoms with E-state index in [0.29, 0.717) is 5.56 Å². The lowest BCUT2D eigenvalue weighted by Gasteiger charge is -2.21. The number of hydrogen-bond donors (Lipinski definition) is 2. The van der Waals surface area contributed by atoms with Crippen molar-refractivity contribution in [3.8, 4) is 0 Å². The van der Waals surface area contributed by atoms with Gasteiger partial charge in [0.1, 0.15) is 5.54 Å². The van der Waals surface area contributed by atoms with Crippen LogP contribution in [0.1, 0.15) is 17.5 Å². The molecular formula is C13H18N2O4S. The summed E-state index contributed by atoms with van der Waals surface area (Å²) in [7, 11) is -3.70. The van der Waals surface area contributed by atoms with Gasteiger partial charge in [-0.05, 0) is 31.9 Å². The number of aryl methyl sites for hydroxylation is 2. The number of carboxylic acid groups (broad SMARTS) is 1. The van der Waals surface area contributed by atoms with Crippen molar-refractivity contribution >= 4 is 16.0 Å². The summed E-state index contributed by atoms with van der Waals surface area (Å²) in [6.45, 7) is 3.54. The highest BCUT2D eigenvalue weighted by atomic mass is 32.2. The van der Waals surface area contributed by atoms with Crippen molar-refractivity contribution < 1.29 is 18.3 Å². The zero-order chi connectivity index (χ0) is 15.1. The average Bonchev–Trinajstić information content (AvgIpc) is 2.73. The van der Waals surface area contributed by atoms with Crippen LogP contribution in [-0.2, 0) is 14.8 Å². The summed E-state index contributed by atoms with van der Waals surface area (Å²) in [6.07, 6.45) is 0.118. The first kappa shape index (κ1) is 15.0. The molecule has 1 atom stereocenters. The zero-order valence-electron chi connectivity index (χ0n) is 11.5. The second kappa shape index (κ2) is 4.83. The Morgan fingerprint density at radius 2 is 2.05 bits per heavy atom. The Morgan fingerprint density at radius 3 is 2.55 bits per heavy atom. The summed E-state index contributed by atoms with van der Waals surface area (Å²) in [4.78, 5) is 11.3. The lowest BCUT2D eigenvalue weighted by molar-refractivity contribution is -0.142. The molecule has 0 spiro atoms. The molecule has 0 amide bonds. The van der Waals surface area contributed by atoms with Crippen molar-refractivity contribution in [2.45, 2.75) is 30.7 Å². The first-order valence-corrected chi connectivity index (χ1v) is 7.70. The standard InChI is InChI=1S/C13H18N2O4S/c1-9-3-4-11(10(2)7-9)20(18,19)15-6-5-13(14,8-15)12(16)17/h3-4,7H,5-6,8,14H2,1-2H3,(H,16,17). The van der Waals surface area contributed by atoms with E-state index in [0.717, 1.165) is 9.87 Å². The van der Waals surface area contributed by atoms with Crippen molar-refractivity contribution in [3.63, 3.8) is 0 Å². The molecule has 0 bridgehead atoms. The summed E-state index contributed by atoms with van der Waals surface area (Å²) >= 11 is 0. The Bertz CT molecular complexity index is 656. The first-order valence-electron chi connectivity index (χ1n) is 6.26. The second-order valence-electron chi connectivity index (χ2n) is 5.32. The van der Waals surface area contributed by atoms with Gasteiger partial charge in [0, 0.05) is 13.1 Å². The number of nitrogens with two attached hydrogens (primary N) is 1. The lowest BCUT2D eigenvalue weighted by atomic mass is 10.0. The first-order chi connectivity index (χ1) is 9.17. The molecule has 0 aliphatic carbocycles. The van der Waals surface area contributed by atoms with Gasteiger partial charge in [0.15, 0.2) is 0 Å². The van der Waals surface area contributed by atoms with Gasteiger partial charge < -0.3 is 10.8 Å². The summed E-state index contributed by atoms with van der Waals surface area (Å²) in [5, 5.41) is 9.07. The molecule has 2 rings (SSSR count). The van der Waals surface area contributed by atoms with Crippen LogP contribution >= 0.6 is 0 Å². The summed E-state index contributed by atoms with van der Waals surface area (Å²) < 4.78 is 26.3. The topological polar surface area (TPSA) is 101 Å². The fourth-order valence-electron chi connectivity index (χ4n) is 2.40. The molecule has 7 heteroatoms. The van der Waals surface area contributed by atoms with Crippen LogP contribution in [0.25, 0.3) is 0 Å². The van der Waals surface area contributed by atoms with Crippen LogP contribution in [0.4, 0.5) is 0 Å². The van der Waals surface area contributed by atoms with Gasteiger partial charge in [-0.25, -0.2) is 8.42 Å². The average molecular weight is 298 g/mol. The number of benzene rings is 1. The molecule has 1 saturated heterocycles. The van der Waals surface area contributed by atoms with Gasteiger partial charge in [-0.15, -0.1) is 0 Å². The summed E-state index contributed by atoms with van der Waals surface area (Å²) in [5.74, 6) is -1.17. The number of hydrogen-bond acceptors (Lipinski definition) is 4. The monoisotopic (exact) mass is 298 g/mol. The molecule has 3 N–H and O–H groups in total. The van der Waals surface area contributed by atoms with Crippen LogP contribution in [0, 0.1) is 13.8 Å². The van der Waals surface area contributed by atoms with E-state index in [9.17, 15) is 13.2 Å². The number of nitrogens with zero attached hydrogens (tertiary/aromatic N) is 1. The lowest BCUT2D eigenvalue weighted by Crippen LogP contribution is -2.50. The van der Waals surface area contributed by atoms with E-state index in [1.54, 1.807) is 25.1 Å². The molecule has 1 aliphatic heterocycles. The normalized spacial score (nSPS) is 23.9. The van der Waals surface area contributed by atoms with Crippen LogP contribution in [-0.4, -0.2) is 42.4 Å². The maximum atomic E-state index is 12.6. The molecule has 1 aliphatic rings. The largest absolute Gasteiger partial charge is 0.480 e. The maximum Gasteiger partial charge on any atom is 0.325 e. The summed E-state index contributed by atoms with van der Waals surface area (Å²) in [5.41, 5.74) is 5.85. The molecule has 1 heterocycles. The van der Waals surface area contributed by atoms with Crippen molar-refractivity contribution in [1.82, 2.24) is 4.31 Å². The van der Waals surface area contributed by atoms with Gasteiger partial charge >= 0.3 is 5.97 Å². The Morgan fingerprint density at radius 1 is 1.40 bits per heavy atom. The Labute approximate surface area is 118 Å². The predicted octanol–water partition coefficient (Wildman–Crippen LogP) is 0.480. The Balaban J connectivity index is 2.35. The SMILES string of the molecule is Cc1ccc(S(=O)(=O)N2CCC(N)(C(=O)O)C2)c(C)c1. The number of sulfonamides is 1. The molecule has 0 radical (unpaired) electrons. The summed E-state index contributed by atoms with van der Waals surface area (Å²) in [6, 6.07) is 5.07. The van der Waals surface area contributed by atoms with E-state index in [4.69, 9.17) is 10.8 Å².